The molecule has 112 valence electrons. The molecule has 2 aromatic rings. The number of hydrogen-bond acceptors (Lipinski definition) is 3. The topological polar surface area (TPSA) is 34.1 Å². The van der Waals surface area contributed by atoms with Crippen LogP contribution in [0.3, 0.4) is 0 Å². The zero-order valence-electron chi connectivity index (χ0n) is 12.7. The van der Waals surface area contributed by atoms with E-state index in [1.807, 2.05) is 6.07 Å². The maximum absolute atomic E-state index is 13.2. The molecule has 0 fully saturated rings. The molecular formula is C17H21FN2O. The van der Waals surface area contributed by atoms with Crippen LogP contribution in [0.2, 0.25) is 0 Å². The minimum atomic E-state index is -0.226. The van der Waals surface area contributed by atoms with Gasteiger partial charge in [0.15, 0.2) is 0 Å². The van der Waals surface area contributed by atoms with Crippen LogP contribution >= 0.6 is 0 Å². The lowest BCUT2D eigenvalue weighted by Gasteiger charge is -2.10. The van der Waals surface area contributed by atoms with Crippen molar-refractivity contribution in [2.24, 2.45) is 5.92 Å². The van der Waals surface area contributed by atoms with Crippen molar-refractivity contribution in [2.45, 2.75) is 27.3 Å². The number of nitrogens with zero attached hydrogens (tertiary/aromatic N) is 1. The van der Waals surface area contributed by atoms with E-state index in [-0.39, 0.29) is 5.82 Å². The molecule has 0 amide bonds. The number of benzene rings is 1. The van der Waals surface area contributed by atoms with Gasteiger partial charge in [0.1, 0.15) is 17.3 Å². The summed E-state index contributed by atoms with van der Waals surface area (Å²) >= 11 is 0. The molecule has 0 unspecified atom stereocenters. The molecule has 0 saturated heterocycles. The Morgan fingerprint density at radius 3 is 2.67 bits per heavy atom. The fourth-order valence-electron chi connectivity index (χ4n) is 1.92. The highest BCUT2D eigenvalue weighted by atomic mass is 19.1. The van der Waals surface area contributed by atoms with Crippen molar-refractivity contribution in [2.75, 3.05) is 6.54 Å². The Hall–Kier alpha value is -1.94. The van der Waals surface area contributed by atoms with Crippen molar-refractivity contribution in [1.82, 2.24) is 10.3 Å². The summed E-state index contributed by atoms with van der Waals surface area (Å²) in [6, 6.07) is 8.42. The summed E-state index contributed by atoms with van der Waals surface area (Å²) in [7, 11) is 0. The van der Waals surface area contributed by atoms with Crippen LogP contribution in [-0.4, -0.2) is 11.5 Å². The van der Waals surface area contributed by atoms with E-state index in [2.05, 4.69) is 24.1 Å². The van der Waals surface area contributed by atoms with Gasteiger partial charge in [-0.1, -0.05) is 13.8 Å². The lowest BCUT2D eigenvalue weighted by molar-refractivity contribution is 0.476. The van der Waals surface area contributed by atoms with Crippen molar-refractivity contribution in [3.8, 4) is 11.5 Å². The van der Waals surface area contributed by atoms with Gasteiger partial charge in [0.05, 0.1) is 5.69 Å². The second-order valence-electron chi connectivity index (χ2n) is 5.52. The molecule has 1 aromatic heterocycles. The van der Waals surface area contributed by atoms with Crippen molar-refractivity contribution >= 4 is 0 Å². The van der Waals surface area contributed by atoms with Crippen LogP contribution in [-0.2, 0) is 6.54 Å². The number of aryl methyl sites for hydroxylation is 1. The summed E-state index contributed by atoms with van der Waals surface area (Å²) in [6.45, 7) is 7.70. The molecule has 0 saturated carbocycles. The summed E-state index contributed by atoms with van der Waals surface area (Å²) in [5.74, 6) is 1.71. The molecule has 0 aliphatic heterocycles. The maximum Gasteiger partial charge on any atom is 0.130 e. The minimum Gasteiger partial charge on any atom is -0.457 e. The zero-order valence-corrected chi connectivity index (χ0v) is 12.7. The number of aromatic nitrogens is 1. The second kappa shape index (κ2) is 7.18. The van der Waals surface area contributed by atoms with E-state index in [1.54, 1.807) is 31.3 Å². The number of rotatable bonds is 6. The monoisotopic (exact) mass is 288 g/mol. The SMILES string of the molecule is Cc1cc(Oc2ccnc(CNCC(C)C)c2)ccc1F. The summed E-state index contributed by atoms with van der Waals surface area (Å²) in [4.78, 5) is 4.31. The molecule has 0 spiro atoms. The molecule has 1 N–H and O–H groups in total. The fraction of sp³-hybridized carbons (Fsp3) is 0.353. The molecule has 21 heavy (non-hydrogen) atoms. The zero-order chi connectivity index (χ0) is 15.2. The van der Waals surface area contributed by atoms with E-state index in [9.17, 15) is 4.39 Å². The Bertz CT molecular complexity index is 599. The van der Waals surface area contributed by atoms with Gasteiger partial charge in [0.2, 0.25) is 0 Å². The first kappa shape index (κ1) is 15.4. The minimum absolute atomic E-state index is 0.226. The van der Waals surface area contributed by atoms with Gasteiger partial charge in [-0.15, -0.1) is 0 Å². The van der Waals surface area contributed by atoms with Crippen molar-refractivity contribution in [1.29, 1.82) is 0 Å². The second-order valence-corrected chi connectivity index (χ2v) is 5.52. The molecule has 0 atom stereocenters. The highest BCUT2D eigenvalue weighted by Gasteiger charge is 2.03. The highest BCUT2D eigenvalue weighted by molar-refractivity contribution is 5.34. The predicted molar refractivity (Wildman–Crippen MR) is 82.0 cm³/mol. The third-order valence-electron chi connectivity index (χ3n) is 3.01. The lowest BCUT2D eigenvalue weighted by atomic mass is 10.2. The Kier molecular flexibility index (Phi) is 5.28. The number of nitrogens with one attached hydrogen (secondary N) is 1. The number of pyridine rings is 1. The maximum atomic E-state index is 13.2. The molecule has 1 heterocycles. The molecule has 1 aromatic carbocycles. The number of halogens is 1. The van der Waals surface area contributed by atoms with E-state index in [0.29, 0.717) is 29.5 Å². The summed E-state index contributed by atoms with van der Waals surface area (Å²) in [5, 5.41) is 3.34. The molecular weight excluding hydrogens is 267 g/mol. The molecule has 0 bridgehead atoms. The fourth-order valence-corrected chi connectivity index (χ4v) is 1.92. The molecule has 3 nitrogen and oxygen atoms in total. The Morgan fingerprint density at radius 2 is 1.95 bits per heavy atom. The molecule has 4 heteroatoms. The van der Waals surface area contributed by atoms with Gasteiger partial charge in [-0.25, -0.2) is 4.39 Å². The third-order valence-corrected chi connectivity index (χ3v) is 3.01. The summed E-state index contributed by atoms with van der Waals surface area (Å²) < 4.78 is 19.0. The third kappa shape index (κ3) is 4.83. The van der Waals surface area contributed by atoms with Crippen LogP contribution in [0.5, 0.6) is 11.5 Å². The van der Waals surface area contributed by atoms with E-state index >= 15 is 0 Å². The average molecular weight is 288 g/mol. The van der Waals surface area contributed by atoms with E-state index < -0.39 is 0 Å². The molecule has 0 radical (unpaired) electrons. The van der Waals surface area contributed by atoms with Gasteiger partial charge in [-0.2, -0.15) is 0 Å². The summed E-state index contributed by atoms with van der Waals surface area (Å²) in [5.41, 5.74) is 1.49. The first-order valence-corrected chi connectivity index (χ1v) is 7.14. The lowest BCUT2D eigenvalue weighted by Crippen LogP contribution is -2.19. The van der Waals surface area contributed by atoms with Crippen LogP contribution in [0, 0.1) is 18.7 Å². The van der Waals surface area contributed by atoms with Gasteiger partial charge in [0.25, 0.3) is 0 Å². The first-order valence-electron chi connectivity index (χ1n) is 7.14. The molecule has 0 aliphatic carbocycles. The van der Waals surface area contributed by atoms with Crippen LogP contribution in [0.1, 0.15) is 25.1 Å². The Morgan fingerprint density at radius 1 is 1.19 bits per heavy atom. The summed E-state index contributed by atoms with van der Waals surface area (Å²) in [6.07, 6.45) is 1.72. The quantitative estimate of drug-likeness (QED) is 0.870. The van der Waals surface area contributed by atoms with Gasteiger partial charge in [0, 0.05) is 18.8 Å². The van der Waals surface area contributed by atoms with Gasteiger partial charge in [-0.3, -0.25) is 4.98 Å². The van der Waals surface area contributed by atoms with E-state index in [0.717, 1.165) is 12.2 Å². The number of ether oxygens (including phenoxy) is 1. The Balaban J connectivity index is 2.01. The van der Waals surface area contributed by atoms with Crippen molar-refractivity contribution < 1.29 is 9.13 Å². The van der Waals surface area contributed by atoms with Crippen LogP contribution in [0.4, 0.5) is 4.39 Å². The normalized spacial score (nSPS) is 10.9. The smallest absolute Gasteiger partial charge is 0.130 e. The van der Waals surface area contributed by atoms with Crippen molar-refractivity contribution in [3.63, 3.8) is 0 Å². The van der Waals surface area contributed by atoms with Gasteiger partial charge in [-0.05, 0) is 49.2 Å². The van der Waals surface area contributed by atoms with Gasteiger partial charge >= 0.3 is 0 Å². The van der Waals surface area contributed by atoms with Crippen molar-refractivity contribution in [3.05, 3.63) is 53.6 Å². The largest absolute Gasteiger partial charge is 0.457 e. The first-order chi connectivity index (χ1) is 10.0. The van der Waals surface area contributed by atoms with Crippen LogP contribution < -0.4 is 10.1 Å². The van der Waals surface area contributed by atoms with E-state index in [4.69, 9.17) is 4.74 Å². The highest BCUT2D eigenvalue weighted by Crippen LogP contribution is 2.23. The van der Waals surface area contributed by atoms with Crippen LogP contribution in [0.25, 0.3) is 0 Å². The molecule has 2 rings (SSSR count). The van der Waals surface area contributed by atoms with Crippen LogP contribution in [0.15, 0.2) is 36.5 Å². The molecule has 0 aliphatic rings. The Labute approximate surface area is 125 Å². The average Bonchev–Trinajstić information content (AvgIpc) is 2.43. The number of hydrogen-bond donors (Lipinski definition) is 1. The predicted octanol–water partition coefficient (Wildman–Crippen LogP) is 4.07. The standard InChI is InChI=1S/C17H21FN2O/c1-12(2)10-19-11-14-9-16(6-7-20-14)21-15-4-5-17(18)13(3)8-15/h4-9,12,19H,10-11H2,1-3H3. The van der Waals surface area contributed by atoms with E-state index in [1.165, 1.54) is 6.07 Å². The van der Waals surface area contributed by atoms with Gasteiger partial charge < -0.3 is 10.1 Å².